The largest absolute Gasteiger partial charge is 0.494 e. The number of pyridine rings is 1. The van der Waals surface area contributed by atoms with E-state index in [4.69, 9.17) is 4.74 Å². The number of rotatable bonds is 4. The summed E-state index contributed by atoms with van der Waals surface area (Å²) in [6.45, 7) is 0.674. The van der Waals surface area contributed by atoms with Gasteiger partial charge < -0.3 is 9.64 Å². The Bertz CT molecular complexity index is 458. The highest BCUT2D eigenvalue weighted by atomic mass is 16.5. The fourth-order valence-electron chi connectivity index (χ4n) is 1.42. The van der Waals surface area contributed by atoms with Gasteiger partial charge in [0, 0.05) is 13.2 Å². The zero-order chi connectivity index (χ0) is 12.1. The highest BCUT2D eigenvalue weighted by Crippen LogP contribution is 2.11. The van der Waals surface area contributed by atoms with E-state index in [0.29, 0.717) is 18.2 Å². The summed E-state index contributed by atoms with van der Waals surface area (Å²) < 4.78 is 5.01. The Morgan fingerprint density at radius 2 is 1.94 bits per heavy atom. The lowest BCUT2D eigenvalue weighted by Crippen LogP contribution is -2.19. The average molecular weight is 230 g/mol. The molecule has 0 spiro atoms. The van der Waals surface area contributed by atoms with Crippen LogP contribution in [-0.4, -0.2) is 29.1 Å². The molecule has 2 aromatic rings. The second-order valence-electron chi connectivity index (χ2n) is 3.60. The molecule has 5 nitrogen and oxygen atoms in total. The number of anilines is 1. The molecule has 0 fully saturated rings. The van der Waals surface area contributed by atoms with Gasteiger partial charge in [0.15, 0.2) is 5.75 Å². The van der Waals surface area contributed by atoms with Crippen LogP contribution in [0.1, 0.15) is 5.69 Å². The molecule has 0 saturated heterocycles. The van der Waals surface area contributed by atoms with E-state index in [1.165, 1.54) is 0 Å². The van der Waals surface area contributed by atoms with E-state index in [9.17, 15) is 0 Å². The topological polar surface area (TPSA) is 51.1 Å². The van der Waals surface area contributed by atoms with Crippen molar-refractivity contribution < 1.29 is 4.74 Å². The highest BCUT2D eigenvalue weighted by Gasteiger charge is 2.05. The summed E-state index contributed by atoms with van der Waals surface area (Å²) >= 11 is 0. The van der Waals surface area contributed by atoms with Crippen molar-refractivity contribution in [2.45, 2.75) is 6.54 Å². The molecule has 0 atom stereocenters. The van der Waals surface area contributed by atoms with Gasteiger partial charge in [0.2, 0.25) is 5.95 Å². The van der Waals surface area contributed by atoms with Crippen molar-refractivity contribution in [2.75, 3.05) is 19.1 Å². The summed E-state index contributed by atoms with van der Waals surface area (Å²) in [5, 5.41) is 0. The molecular formula is C12H14N4O. The van der Waals surface area contributed by atoms with Crippen molar-refractivity contribution in [1.82, 2.24) is 15.0 Å². The lowest BCUT2D eigenvalue weighted by Gasteiger charge is -2.16. The summed E-state index contributed by atoms with van der Waals surface area (Å²) in [7, 11) is 3.52. The maximum atomic E-state index is 5.01. The van der Waals surface area contributed by atoms with E-state index in [0.717, 1.165) is 5.69 Å². The molecule has 0 aliphatic rings. The van der Waals surface area contributed by atoms with Gasteiger partial charge in [-0.3, -0.25) is 4.98 Å². The molecule has 0 aliphatic heterocycles. The molecule has 2 aromatic heterocycles. The molecule has 2 heterocycles. The molecule has 88 valence electrons. The Morgan fingerprint density at radius 3 is 2.53 bits per heavy atom. The zero-order valence-corrected chi connectivity index (χ0v) is 9.87. The summed E-state index contributed by atoms with van der Waals surface area (Å²) in [6.07, 6.45) is 5.08. The quantitative estimate of drug-likeness (QED) is 0.797. The van der Waals surface area contributed by atoms with E-state index in [2.05, 4.69) is 15.0 Å². The average Bonchev–Trinajstić information content (AvgIpc) is 2.40. The minimum absolute atomic E-state index is 0.649. The van der Waals surface area contributed by atoms with Crippen LogP contribution in [-0.2, 0) is 6.54 Å². The smallest absolute Gasteiger partial charge is 0.225 e. The van der Waals surface area contributed by atoms with Crippen LogP contribution in [0.15, 0.2) is 36.8 Å². The van der Waals surface area contributed by atoms with Gasteiger partial charge in [-0.1, -0.05) is 6.07 Å². The Kier molecular flexibility index (Phi) is 3.49. The first kappa shape index (κ1) is 11.3. The monoisotopic (exact) mass is 230 g/mol. The van der Waals surface area contributed by atoms with Gasteiger partial charge in [-0.15, -0.1) is 0 Å². The van der Waals surface area contributed by atoms with Crippen LogP contribution in [0.2, 0.25) is 0 Å². The van der Waals surface area contributed by atoms with Gasteiger partial charge in [0.05, 0.1) is 31.7 Å². The molecule has 2 rings (SSSR count). The molecule has 0 unspecified atom stereocenters. The van der Waals surface area contributed by atoms with Crippen molar-refractivity contribution in [3.8, 4) is 5.75 Å². The fraction of sp³-hybridized carbons (Fsp3) is 0.250. The predicted octanol–water partition coefficient (Wildman–Crippen LogP) is 1.52. The maximum Gasteiger partial charge on any atom is 0.225 e. The standard InChI is InChI=1S/C12H14N4O/c1-16(9-10-5-3-4-6-13-10)12-14-7-11(17-2)8-15-12/h3-8H,9H2,1-2H3. The van der Waals surface area contributed by atoms with Crippen LogP contribution in [0, 0.1) is 0 Å². The van der Waals surface area contributed by atoms with Crippen LogP contribution >= 0.6 is 0 Å². The minimum Gasteiger partial charge on any atom is -0.494 e. The molecule has 5 heteroatoms. The van der Waals surface area contributed by atoms with Gasteiger partial charge in [0.1, 0.15) is 0 Å². The lowest BCUT2D eigenvalue weighted by atomic mass is 10.3. The van der Waals surface area contributed by atoms with Gasteiger partial charge in [0.25, 0.3) is 0 Å². The lowest BCUT2D eigenvalue weighted by molar-refractivity contribution is 0.410. The summed E-state index contributed by atoms with van der Waals surface area (Å²) in [6, 6.07) is 5.83. The zero-order valence-electron chi connectivity index (χ0n) is 9.87. The molecular weight excluding hydrogens is 216 g/mol. The first-order valence-electron chi connectivity index (χ1n) is 5.26. The van der Waals surface area contributed by atoms with Crippen LogP contribution < -0.4 is 9.64 Å². The summed E-state index contributed by atoms with van der Waals surface area (Å²) in [4.78, 5) is 14.6. The number of ether oxygens (including phenoxy) is 1. The third-order valence-corrected chi connectivity index (χ3v) is 2.32. The molecule has 0 saturated carbocycles. The second-order valence-corrected chi connectivity index (χ2v) is 3.60. The van der Waals surface area contributed by atoms with Gasteiger partial charge in [-0.25, -0.2) is 9.97 Å². The summed E-state index contributed by atoms with van der Waals surface area (Å²) in [5.74, 6) is 1.30. The Hall–Kier alpha value is -2.17. The third kappa shape index (κ3) is 2.90. The van der Waals surface area contributed by atoms with E-state index in [1.54, 1.807) is 25.7 Å². The molecule has 0 aromatic carbocycles. The van der Waals surface area contributed by atoms with Gasteiger partial charge in [-0.2, -0.15) is 0 Å². The van der Waals surface area contributed by atoms with E-state index in [-0.39, 0.29) is 0 Å². The van der Waals surface area contributed by atoms with E-state index < -0.39 is 0 Å². The van der Waals surface area contributed by atoms with Crippen LogP contribution in [0.3, 0.4) is 0 Å². The number of hydrogen-bond donors (Lipinski definition) is 0. The number of hydrogen-bond acceptors (Lipinski definition) is 5. The molecule has 0 N–H and O–H groups in total. The van der Waals surface area contributed by atoms with Crippen molar-refractivity contribution in [1.29, 1.82) is 0 Å². The fourth-order valence-corrected chi connectivity index (χ4v) is 1.42. The Balaban J connectivity index is 2.06. The molecule has 0 bridgehead atoms. The number of aromatic nitrogens is 3. The first-order chi connectivity index (χ1) is 8.29. The van der Waals surface area contributed by atoms with Gasteiger partial charge in [-0.05, 0) is 12.1 Å². The number of nitrogens with zero attached hydrogens (tertiary/aromatic N) is 4. The third-order valence-electron chi connectivity index (χ3n) is 2.32. The normalized spacial score (nSPS) is 10.0. The molecule has 17 heavy (non-hydrogen) atoms. The predicted molar refractivity (Wildman–Crippen MR) is 64.9 cm³/mol. The second kappa shape index (κ2) is 5.25. The van der Waals surface area contributed by atoms with Crippen molar-refractivity contribution in [3.05, 3.63) is 42.5 Å². The SMILES string of the molecule is COc1cnc(N(C)Cc2ccccn2)nc1. The molecule has 0 aliphatic carbocycles. The minimum atomic E-state index is 0.649. The van der Waals surface area contributed by atoms with Gasteiger partial charge >= 0.3 is 0 Å². The van der Waals surface area contributed by atoms with Crippen LogP contribution in [0.25, 0.3) is 0 Å². The Labute approximate surface area is 100 Å². The first-order valence-corrected chi connectivity index (χ1v) is 5.26. The van der Waals surface area contributed by atoms with Crippen molar-refractivity contribution in [3.63, 3.8) is 0 Å². The van der Waals surface area contributed by atoms with Crippen molar-refractivity contribution >= 4 is 5.95 Å². The van der Waals surface area contributed by atoms with E-state index >= 15 is 0 Å². The molecule has 0 radical (unpaired) electrons. The Morgan fingerprint density at radius 1 is 1.18 bits per heavy atom. The number of methoxy groups -OCH3 is 1. The van der Waals surface area contributed by atoms with Crippen LogP contribution in [0.5, 0.6) is 5.75 Å². The molecule has 0 amide bonds. The van der Waals surface area contributed by atoms with Crippen molar-refractivity contribution in [2.24, 2.45) is 0 Å². The maximum absolute atomic E-state index is 5.01. The van der Waals surface area contributed by atoms with E-state index in [1.807, 2.05) is 30.1 Å². The summed E-state index contributed by atoms with van der Waals surface area (Å²) in [5.41, 5.74) is 0.981. The highest BCUT2D eigenvalue weighted by molar-refractivity contribution is 5.31. The van der Waals surface area contributed by atoms with Crippen LogP contribution in [0.4, 0.5) is 5.95 Å².